The summed E-state index contributed by atoms with van der Waals surface area (Å²) >= 11 is 0. The van der Waals surface area contributed by atoms with Gasteiger partial charge in [0.1, 0.15) is 29.8 Å². The van der Waals surface area contributed by atoms with Gasteiger partial charge in [0.15, 0.2) is 0 Å². The van der Waals surface area contributed by atoms with E-state index < -0.39 is 0 Å². The molecule has 0 radical (unpaired) electrons. The van der Waals surface area contributed by atoms with Crippen LogP contribution in [0.1, 0.15) is 41.3 Å². The zero-order chi connectivity index (χ0) is 16.3. The molecule has 5 heteroatoms. The van der Waals surface area contributed by atoms with Crippen LogP contribution in [0, 0.1) is 26.7 Å². The number of morpholine rings is 1. The maximum Gasteiger partial charge on any atom is 0.342 e. The SMILES string of the molecule is Cc1oc(C)c(C(=O)OCC2CN(CC(C)C)CCO2)c1C. The Morgan fingerprint density at radius 3 is 2.64 bits per heavy atom. The lowest BCUT2D eigenvalue weighted by atomic mass is 10.1. The minimum absolute atomic E-state index is 0.0509. The van der Waals surface area contributed by atoms with E-state index >= 15 is 0 Å². The summed E-state index contributed by atoms with van der Waals surface area (Å²) in [5.41, 5.74) is 1.40. The fourth-order valence-electron chi connectivity index (χ4n) is 2.90. The van der Waals surface area contributed by atoms with E-state index in [1.165, 1.54) is 0 Å². The molecule has 1 aliphatic heterocycles. The molecule has 0 bridgehead atoms. The molecule has 0 aliphatic carbocycles. The fourth-order valence-corrected chi connectivity index (χ4v) is 2.90. The molecule has 0 N–H and O–H groups in total. The number of aryl methyl sites for hydroxylation is 2. The molecule has 0 aromatic carbocycles. The number of hydrogen-bond donors (Lipinski definition) is 0. The summed E-state index contributed by atoms with van der Waals surface area (Å²) in [5.74, 6) is 1.68. The van der Waals surface area contributed by atoms with Gasteiger partial charge in [0.25, 0.3) is 0 Å². The van der Waals surface area contributed by atoms with Crippen LogP contribution in [0.4, 0.5) is 0 Å². The van der Waals surface area contributed by atoms with E-state index in [9.17, 15) is 4.79 Å². The van der Waals surface area contributed by atoms with Gasteiger partial charge in [0.2, 0.25) is 0 Å². The minimum atomic E-state index is -0.323. The smallest absolute Gasteiger partial charge is 0.342 e. The van der Waals surface area contributed by atoms with E-state index in [-0.39, 0.29) is 18.7 Å². The summed E-state index contributed by atoms with van der Waals surface area (Å²) < 4.78 is 16.6. The van der Waals surface area contributed by atoms with Crippen molar-refractivity contribution in [3.05, 3.63) is 22.6 Å². The number of carbonyl (C=O) groups is 1. The predicted octanol–water partition coefficient (Wildman–Crippen LogP) is 2.72. The number of carbonyl (C=O) groups excluding carboxylic acids is 1. The second-order valence-electron chi connectivity index (χ2n) is 6.46. The van der Waals surface area contributed by atoms with E-state index in [0.717, 1.165) is 31.0 Å². The fraction of sp³-hybridized carbons (Fsp3) is 0.706. The molecule has 1 aromatic heterocycles. The van der Waals surface area contributed by atoms with E-state index in [1.807, 2.05) is 13.8 Å². The molecule has 5 nitrogen and oxygen atoms in total. The largest absolute Gasteiger partial charge is 0.465 e. The van der Waals surface area contributed by atoms with Crippen molar-refractivity contribution in [2.75, 3.05) is 32.8 Å². The molecule has 22 heavy (non-hydrogen) atoms. The van der Waals surface area contributed by atoms with Gasteiger partial charge in [-0.25, -0.2) is 4.79 Å². The third-order valence-electron chi connectivity index (χ3n) is 4.01. The van der Waals surface area contributed by atoms with Gasteiger partial charge in [0.05, 0.1) is 6.61 Å². The molecule has 1 atom stereocenters. The first-order valence-electron chi connectivity index (χ1n) is 7.96. The highest BCUT2D eigenvalue weighted by Crippen LogP contribution is 2.21. The maximum absolute atomic E-state index is 12.3. The van der Waals surface area contributed by atoms with E-state index in [2.05, 4.69) is 18.7 Å². The Balaban J connectivity index is 1.88. The minimum Gasteiger partial charge on any atom is -0.465 e. The molecule has 1 saturated heterocycles. The Kier molecular flexibility index (Phi) is 5.64. The summed E-state index contributed by atoms with van der Waals surface area (Å²) in [4.78, 5) is 14.6. The number of nitrogens with zero attached hydrogens (tertiary/aromatic N) is 1. The van der Waals surface area contributed by atoms with Gasteiger partial charge in [0, 0.05) is 25.2 Å². The molecule has 1 fully saturated rings. The first-order valence-corrected chi connectivity index (χ1v) is 7.96. The Morgan fingerprint density at radius 2 is 2.05 bits per heavy atom. The lowest BCUT2D eigenvalue weighted by Gasteiger charge is -2.33. The van der Waals surface area contributed by atoms with E-state index in [1.54, 1.807) is 6.92 Å². The van der Waals surface area contributed by atoms with Crippen molar-refractivity contribution in [2.24, 2.45) is 5.92 Å². The van der Waals surface area contributed by atoms with Crippen molar-refractivity contribution in [3.8, 4) is 0 Å². The second-order valence-corrected chi connectivity index (χ2v) is 6.46. The predicted molar refractivity (Wildman–Crippen MR) is 84.2 cm³/mol. The highest BCUT2D eigenvalue weighted by molar-refractivity contribution is 5.92. The monoisotopic (exact) mass is 309 g/mol. The van der Waals surface area contributed by atoms with Crippen molar-refractivity contribution in [2.45, 2.75) is 40.7 Å². The van der Waals surface area contributed by atoms with Gasteiger partial charge in [-0.15, -0.1) is 0 Å². The van der Waals surface area contributed by atoms with E-state index in [4.69, 9.17) is 13.9 Å². The van der Waals surface area contributed by atoms with Crippen LogP contribution in [0.15, 0.2) is 4.42 Å². The van der Waals surface area contributed by atoms with Gasteiger partial charge < -0.3 is 13.9 Å². The maximum atomic E-state index is 12.3. The van der Waals surface area contributed by atoms with E-state index in [0.29, 0.717) is 23.8 Å². The van der Waals surface area contributed by atoms with Crippen LogP contribution < -0.4 is 0 Å². The summed E-state index contributed by atoms with van der Waals surface area (Å²) in [7, 11) is 0. The average molecular weight is 309 g/mol. The number of hydrogen-bond acceptors (Lipinski definition) is 5. The molecule has 0 saturated carbocycles. The first kappa shape index (κ1) is 17.0. The quantitative estimate of drug-likeness (QED) is 0.783. The normalized spacial score (nSPS) is 19.6. The number of esters is 1. The van der Waals surface area contributed by atoms with Crippen LogP contribution >= 0.6 is 0 Å². The van der Waals surface area contributed by atoms with Gasteiger partial charge in [-0.2, -0.15) is 0 Å². The van der Waals surface area contributed by atoms with Crippen LogP contribution in [0.5, 0.6) is 0 Å². The molecular weight excluding hydrogens is 282 g/mol. The lowest BCUT2D eigenvalue weighted by molar-refractivity contribution is -0.0613. The first-order chi connectivity index (χ1) is 10.4. The third-order valence-corrected chi connectivity index (χ3v) is 4.01. The van der Waals surface area contributed by atoms with Crippen molar-refractivity contribution in [3.63, 3.8) is 0 Å². The van der Waals surface area contributed by atoms with Gasteiger partial charge in [-0.3, -0.25) is 4.90 Å². The molecule has 124 valence electrons. The summed E-state index contributed by atoms with van der Waals surface area (Å²) in [6.07, 6.45) is -0.0509. The molecular formula is C17H27NO4. The van der Waals surface area contributed by atoms with Gasteiger partial charge in [-0.1, -0.05) is 13.8 Å². The molecule has 0 spiro atoms. The summed E-state index contributed by atoms with van der Waals surface area (Å²) in [5, 5.41) is 0. The molecule has 2 rings (SSSR count). The Labute approximate surface area is 132 Å². The molecule has 1 unspecified atom stereocenters. The summed E-state index contributed by atoms with van der Waals surface area (Å²) in [6.45, 7) is 13.7. The van der Waals surface area contributed by atoms with Gasteiger partial charge in [-0.05, 0) is 26.7 Å². The highest BCUT2D eigenvalue weighted by Gasteiger charge is 2.24. The zero-order valence-corrected chi connectivity index (χ0v) is 14.3. The van der Waals surface area contributed by atoms with Crippen LogP contribution in [0.2, 0.25) is 0 Å². The Hall–Kier alpha value is -1.33. The number of rotatable bonds is 5. The number of furan rings is 1. The molecule has 2 heterocycles. The van der Waals surface area contributed by atoms with Gasteiger partial charge >= 0.3 is 5.97 Å². The van der Waals surface area contributed by atoms with Crippen LogP contribution in [-0.4, -0.2) is 49.8 Å². The van der Waals surface area contributed by atoms with Crippen molar-refractivity contribution >= 4 is 5.97 Å². The standard InChI is InChI=1S/C17H27NO4/c1-11(2)8-18-6-7-20-15(9-18)10-21-17(19)16-12(3)13(4)22-14(16)5/h11,15H,6-10H2,1-5H3. The number of ether oxygens (including phenoxy) is 2. The topological polar surface area (TPSA) is 51.9 Å². The van der Waals surface area contributed by atoms with Crippen molar-refractivity contribution < 1.29 is 18.7 Å². The molecule has 0 amide bonds. The van der Waals surface area contributed by atoms with Crippen molar-refractivity contribution in [1.29, 1.82) is 0 Å². The van der Waals surface area contributed by atoms with Crippen molar-refractivity contribution in [1.82, 2.24) is 4.90 Å². The highest BCUT2D eigenvalue weighted by atomic mass is 16.6. The van der Waals surface area contributed by atoms with Crippen LogP contribution in [-0.2, 0) is 9.47 Å². The second kappa shape index (κ2) is 7.29. The Morgan fingerprint density at radius 1 is 1.32 bits per heavy atom. The van der Waals surface area contributed by atoms with Crippen LogP contribution in [0.25, 0.3) is 0 Å². The average Bonchev–Trinajstić information content (AvgIpc) is 2.69. The third kappa shape index (κ3) is 4.11. The lowest BCUT2D eigenvalue weighted by Crippen LogP contribution is -2.45. The van der Waals surface area contributed by atoms with Crippen LogP contribution in [0.3, 0.4) is 0 Å². The summed E-state index contributed by atoms with van der Waals surface area (Å²) in [6, 6.07) is 0. The molecule has 1 aliphatic rings. The zero-order valence-electron chi connectivity index (χ0n) is 14.3. The Bertz CT molecular complexity index is 521. The molecule has 1 aromatic rings.